The molecule has 4 aromatic rings. The van der Waals surface area contributed by atoms with Crippen molar-refractivity contribution in [3.63, 3.8) is 0 Å². The van der Waals surface area contributed by atoms with Crippen molar-refractivity contribution in [1.82, 2.24) is 9.55 Å². The van der Waals surface area contributed by atoms with Crippen LogP contribution in [0.4, 0.5) is 0 Å². The number of imidazole rings is 1. The van der Waals surface area contributed by atoms with Crippen LogP contribution in [-0.4, -0.2) is 16.2 Å². The number of hydrogen-bond acceptors (Lipinski definition) is 3. The molecule has 0 radical (unpaired) electrons. The van der Waals surface area contributed by atoms with Crippen molar-refractivity contribution in [1.29, 1.82) is 0 Å². The van der Waals surface area contributed by atoms with Crippen molar-refractivity contribution in [2.24, 2.45) is 0 Å². The van der Waals surface area contributed by atoms with E-state index < -0.39 is 0 Å². The molecule has 4 heteroatoms. The average molecular weight is 429 g/mol. The summed E-state index contributed by atoms with van der Waals surface area (Å²) >= 11 is 0. The van der Waals surface area contributed by atoms with Crippen LogP contribution < -0.4 is 9.47 Å². The summed E-state index contributed by atoms with van der Waals surface area (Å²) in [4.78, 5) is 4.84. The maximum atomic E-state index is 6.09. The number of hydrogen-bond donors (Lipinski definition) is 0. The zero-order valence-corrected chi connectivity index (χ0v) is 19.3. The first-order valence-electron chi connectivity index (χ1n) is 11.5. The van der Waals surface area contributed by atoms with Crippen molar-refractivity contribution < 1.29 is 9.47 Å². The Labute approximate surface area is 190 Å². The van der Waals surface area contributed by atoms with E-state index in [2.05, 4.69) is 67.8 Å². The standard InChI is InChI=1S/C28H32N2O2/c1-21(2)23-13-15-24(16-14-23)32-20-28-29-26-11-4-5-12-27(26)30(28)17-6-7-18-31-25-10-8-9-22(3)19-25/h4-5,8-16,19,21H,6-7,17-18,20H2,1-3H3. The maximum absolute atomic E-state index is 6.09. The lowest BCUT2D eigenvalue weighted by molar-refractivity contribution is 0.285. The molecule has 0 saturated heterocycles. The molecule has 4 rings (SSSR count). The molecule has 1 heterocycles. The number of fused-ring (bicyclic) bond motifs is 1. The molecule has 0 saturated carbocycles. The molecule has 0 aliphatic carbocycles. The minimum atomic E-state index is 0.454. The molecular formula is C28H32N2O2. The van der Waals surface area contributed by atoms with Gasteiger partial charge >= 0.3 is 0 Å². The predicted octanol–water partition coefficient (Wildman–Crippen LogP) is 6.91. The van der Waals surface area contributed by atoms with Gasteiger partial charge in [0, 0.05) is 6.54 Å². The van der Waals surface area contributed by atoms with Crippen molar-refractivity contribution in [2.45, 2.75) is 52.7 Å². The maximum Gasteiger partial charge on any atom is 0.147 e. The number of unbranched alkanes of at least 4 members (excludes halogenated alkanes) is 1. The van der Waals surface area contributed by atoms with Crippen LogP contribution >= 0.6 is 0 Å². The zero-order chi connectivity index (χ0) is 22.3. The number of para-hydroxylation sites is 2. The first kappa shape index (κ1) is 21.9. The van der Waals surface area contributed by atoms with Crippen LogP contribution in [0.25, 0.3) is 11.0 Å². The predicted molar refractivity (Wildman–Crippen MR) is 131 cm³/mol. The van der Waals surface area contributed by atoms with E-state index in [0.717, 1.165) is 47.7 Å². The summed E-state index contributed by atoms with van der Waals surface area (Å²) in [6.07, 6.45) is 2.00. The van der Waals surface area contributed by atoms with Crippen LogP contribution in [0.1, 0.15) is 49.6 Å². The Kier molecular flexibility index (Phi) is 7.10. The average Bonchev–Trinajstić information content (AvgIpc) is 3.15. The van der Waals surface area contributed by atoms with Gasteiger partial charge in [-0.1, -0.05) is 50.2 Å². The molecule has 32 heavy (non-hydrogen) atoms. The molecule has 0 spiro atoms. The number of nitrogens with zero attached hydrogens (tertiary/aromatic N) is 2. The number of rotatable bonds is 10. The minimum Gasteiger partial charge on any atom is -0.494 e. The summed E-state index contributed by atoms with van der Waals surface area (Å²) in [5.41, 5.74) is 4.70. The molecule has 0 atom stereocenters. The number of benzene rings is 3. The lowest BCUT2D eigenvalue weighted by Gasteiger charge is -2.12. The third-order valence-corrected chi connectivity index (χ3v) is 5.68. The molecule has 3 aromatic carbocycles. The summed E-state index contributed by atoms with van der Waals surface area (Å²) in [6.45, 7) is 8.54. The quantitative estimate of drug-likeness (QED) is 0.258. The summed E-state index contributed by atoms with van der Waals surface area (Å²) < 4.78 is 14.3. The van der Waals surface area contributed by atoms with Crippen molar-refractivity contribution in [3.8, 4) is 11.5 Å². The van der Waals surface area contributed by atoms with E-state index in [1.165, 1.54) is 11.1 Å². The van der Waals surface area contributed by atoms with Crippen LogP contribution in [-0.2, 0) is 13.2 Å². The molecule has 0 unspecified atom stereocenters. The van der Waals surface area contributed by atoms with Gasteiger partial charge in [-0.3, -0.25) is 0 Å². The fourth-order valence-electron chi connectivity index (χ4n) is 3.85. The normalized spacial score (nSPS) is 11.2. The van der Waals surface area contributed by atoms with E-state index in [1.807, 2.05) is 30.3 Å². The number of aryl methyl sites for hydroxylation is 2. The summed E-state index contributed by atoms with van der Waals surface area (Å²) in [6, 6.07) is 24.9. The van der Waals surface area contributed by atoms with E-state index in [1.54, 1.807) is 0 Å². The van der Waals surface area contributed by atoms with E-state index in [0.29, 0.717) is 19.1 Å². The first-order chi connectivity index (χ1) is 15.6. The van der Waals surface area contributed by atoms with Crippen molar-refractivity contribution >= 4 is 11.0 Å². The highest BCUT2D eigenvalue weighted by Crippen LogP contribution is 2.22. The highest BCUT2D eigenvalue weighted by Gasteiger charge is 2.11. The zero-order valence-electron chi connectivity index (χ0n) is 19.3. The largest absolute Gasteiger partial charge is 0.494 e. The Morgan fingerprint density at radius 1 is 0.844 bits per heavy atom. The Morgan fingerprint density at radius 2 is 1.66 bits per heavy atom. The highest BCUT2D eigenvalue weighted by atomic mass is 16.5. The molecule has 4 nitrogen and oxygen atoms in total. The fourth-order valence-corrected chi connectivity index (χ4v) is 3.85. The second-order valence-electron chi connectivity index (χ2n) is 8.55. The van der Waals surface area contributed by atoms with Gasteiger partial charge in [-0.2, -0.15) is 0 Å². The fraction of sp³-hybridized carbons (Fsp3) is 0.321. The molecular weight excluding hydrogens is 396 g/mol. The Morgan fingerprint density at radius 3 is 2.44 bits per heavy atom. The van der Waals surface area contributed by atoms with Gasteiger partial charge in [0.2, 0.25) is 0 Å². The van der Waals surface area contributed by atoms with Gasteiger partial charge in [0.15, 0.2) is 0 Å². The topological polar surface area (TPSA) is 36.3 Å². The second kappa shape index (κ2) is 10.4. The van der Waals surface area contributed by atoms with Gasteiger partial charge < -0.3 is 14.0 Å². The van der Waals surface area contributed by atoms with Crippen LogP contribution in [0.3, 0.4) is 0 Å². The molecule has 0 aliphatic heterocycles. The first-order valence-corrected chi connectivity index (χ1v) is 11.5. The monoisotopic (exact) mass is 428 g/mol. The molecule has 0 amide bonds. The van der Waals surface area contributed by atoms with Crippen molar-refractivity contribution in [3.05, 3.63) is 89.7 Å². The Hall–Kier alpha value is -3.27. The SMILES string of the molecule is Cc1cccc(OCCCCn2c(COc3ccc(C(C)C)cc3)nc3ccccc32)c1. The number of aromatic nitrogens is 2. The minimum absolute atomic E-state index is 0.454. The van der Waals surface area contributed by atoms with Gasteiger partial charge in [-0.15, -0.1) is 0 Å². The van der Waals surface area contributed by atoms with Gasteiger partial charge in [0.1, 0.15) is 23.9 Å². The van der Waals surface area contributed by atoms with Crippen LogP contribution in [0.5, 0.6) is 11.5 Å². The molecule has 0 N–H and O–H groups in total. The molecule has 0 fully saturated rings. The second-order valence-corrected chi connectivity index (χ2v) is 8.55. The summed E-state index contributed by atoms with van der Waals surface area (Å²) in [5.74, 6) is 3.29. The third-order valence-electron chi connectivity index (χ3n) is 5.68. The van der Waals surface area contributed by atoms with E-state index in [-0.39, 0.29) is 0 Å². The van der Waals surface area contributed by atoms with Crippen LogP contribution in [0, 0.1) is 6.92 Å². The van der Waals surface area contributed by atoms with Gasteiger partial charge in [0.05, 0.1) is 17.6 Å². The summed E-state index contributed by atoms with van der Waals surface area (Å²) in [7, 11) is 0. The third kappa shape index (κ3) is 5.50. The van der Waals surface area contributed by atoms with Gasteiger partial charge in [0.25, 0.3) is 0 Å². The van der Waals surface area contributed by atoms with Gasteiger partial charge in [-0.05, 0) is 73.2 Å². The van der Waals surface area contributed by atoms with Gasteiger partial charge in [-0.25, -0.2) is 4.98 Å². The highest BCUT2D eigenvalue weighted by molar-refractivity contribution is 5.75. The van der Waals surface area contributed by atoms with E-state index in [9.17, 15) is 0 Å². The van der Waals surface area contributed by atoms with E-state index >= 15 is 0 Å². The Bertz CT molecular complexity index is 1150. The lowest BCUT2D eigenvalue weighted by Crippen LogP contribution is -2.09. The van der Waals surface area contributed by atoms with Crippen LogP contribution in [0.15, 0.2) is 72.8 Å². The molecule has 166 valence electrons. The molecule has 0 bridgehead atoms. The molecule has 0 aliphatic rings. The smallest absolute Gasteiger partial charge is 0.147 e. The number of ether oxygens (including phenoxy) is 2. The lowest BCUT2D eigenvalue weighted by atomic mass is 10.0. The summed E-state index contributed by atoms with van der Waals surface area (Å²) in [5, 5.41) is 0. The Balaban J connectivity index is 1.37. The van der Waals surface area contributed by atoms with Crippen molar-refractivity contribution in [2.75, 3.05) is 6.61 Å². The van der Waals surface area contributed by atoms with E-state index in [4.69, 9.17) is 14.5 Å². The van der Waals surface area contributed by atoms with Crippen LogP contribution in [0.2, 0.25) is 0 Å². The molecule has 1 aromatic heterocycles.